The number of rotatable bonds is 6. The fourth-order valence-corrected chi connectivity index (χ4v) is 2.16. The Morgan fingerprint density at radius 2 is 1.95 bits per heavy atom. The number of nitrogens with one attached hydrogen (secondary N) is 2. The molecule has 2 rings (SSSR count). The number of aliphatic hydroxyl groups excluding tert-OH is 1. The van der Waals surface area contributed by atoms with Gasteiger partial charge in [0.15, 0.2) is 0 Å². The van der Waals surface area contributed by atoms with Crippen LogP contribution in [0.25, 0.3) is 0 Å². The molecule has 0 aliphatic heterocycles. The number of ether oxygens (including phenoxy) is 1. The monoisotopic (exact) mass is 281 g/mol. The molecule has 1 fully saturated rings. The lowest BCUT2D eigenvalue weighted by Gasteiger charge is -2.49. The van der Waals surface area contributed by atoms with Crippen molar-refractivity contribution in [2.24, 2.45) is 5.41 Å². The summed E-state index contributed by atoms with van der Waals surface area (Å²) in [6, 6.07) is 0.447. The minimum Gasteiger partial charge on any atom is -0.464 e. The number of aromatic nitrogens is 3. The molecule has 3 N–H and O–H groups in total. The molecule has 20 heavy (non-hydrogen) atoms. The number of aliphatic hydroxyl groups is 1. The molecule has 0 amide bonds. The highest BCUT2D eigenvalue weighted by Crippen LogP contribution is 2.41. The molecular formula is C13H23N5O2. The Bertz CT molecular complexity index is 442. The molecule has 0 bridgehead atoms. The maximum Gasteiger partial charge on any atom is 0.323 e. The molecule has 0 saturated heterocycles. The maximum absolute atomic E-state index is 9.77. The smallest absolute Gasteiger partial charge is 0.323 e. The van der Waals surface area contributed by atoms with E-state index in [0.29, 0.717) is 30.9 Å². The topological polar surface area (TPSA) is 92.2 Å². The second kappa shape index (κ2) is 5.78. The van der Waals surface area contributed by atoms with Gasteiger partial charge in [-0.1, -0.05) is 13.8 Å². The van der Waals surface area contributed by atoms with E-state index in [1.54, 1.807) is 0 Å². The third kappa shape index (κ3) is 2.92. The van der Waals surface area contributed by atoms with Gasteiger partial charge in [-0.25, -0.2) is 0 Å². The lowest BCUT2D eigenvalue weighted by atomic mass is 9.65. The zero-order valence-corrected chi connectivity index (χ0v) is 12.5. The molecule has 112 valence electrons. The molecule has 7 heteroatoms. The summed E-state index contributed by atoms with van der Waals surface area (Å²) in [7, 11) is 0. The summed E-state index contributed by atoms with van der Waals surface area (Å²) < 4.78 is 5.35. The normalized spacial score (nSPS) is 23.9. The van der Waals surface area contributed by atoms with Crippen LogP contribution in [-0.4, -0.2) is 45.4 Å². The van der Waals surface area contributed by atoms with Gasteiger partial charge in [-0.3, -0.25) is 0 Å². The first kappa shape index (κ1) is 14.8. The van der Waals surface area contributed by atoms with E-state index < -0.39 is 0 Å². The van der Waals surface area contributed by atoms with Gasteiger partial charge in [-0.2, -0.15) is 15.0 Å². The van der Waals surface area contributed by atoms with Gasteiger partial charge in [0.05, 0.1) is 12.7 Å². The zero-order chi connectivity index (χ0) is 14.8. The van der Waals surface area contributed by atoms with Crippen LogP contribution in [0.3, 0.4) is 0 Å². The molecule has 1 heterocycles. The maximum atomic E-state index is 9.77. The standard InChI is InChI=1S/C13H23N5O2/c1-5-14-10-16-11(18-12(17-10)20-6-2)15-8-7-9(19)13(8,3)4/h8-9,19H,5-7H2,1-4H3,(H2,14,15,16,17,18). The van der Waals surface area contributed by atoms with E-state index in [4.69, 9.17) is 4.74 Å². The van der Waals surface area contributed by atoms with Crippen LogP contribution in [0.4, 0.5) is 11.9 Å². The van der Waals surface area contributed by atoms with Gasteiger partial charge in [0.2, 0.25) is 11.9 Å². The lowest BCUT2D eigenvalue weighted by molar-refractivity contribution is -0.0513. The minimum atomic E-state index is -0.290. The van der Waals surface area contributed by atoms with Gasteiger partial charge in [0.25, 0.3) is 0 Å². The van der Waals surface area contributed by atoms with Crippen molar-refractivity contribution in [1.82, 2.24) is 15.0 Å². The Kier molecular flexibility index (Phi) is 4.27. The van der Waals surface area contributed by atoms with E-state index >= 15 is 0 Å². The SMILES string of the molecule is CCNc1nc(NC2CC(O)C2(C)C)nc(OCC)n1. The highest BCUT2D eigenvalue weighted by Gasteiger charge is 2.47. The van der Waals surface area contributed by atoms with Crippen LogP contribution in [0.5, 0.6) is 6.01 Å². The van der Waals surface area contributed by atoms with E-state index in [1.165, 1.54) is 0 Å². The van der Waals surface area contributed by atoms with Gasteiger partial charge in [-0.15, -0.1) is 0 Å². The Morgan fingerprint density at radius 3 is 2.50 bits per heavy atom. The summed E-state index contributed by atoms with van der Waals surface area (Å²) in [5.41, 5.74) is -0.184. The van der Waals surface area contributed by atoms with Crippen molar-refractivity contribution in [3.05, 3.63) is 0 Å². The van der Waals surface area contributed by atoms with Crippen LogP contribution in [0, 0.1) is 5.41 Å². The fourth-order valence-electron chi connectivity index (χ4n) is 2.16. The lowest BCUT2D eigenvalue weighted by Crippen LogP contribution is -2.57. The van der Waals surface area contributed by atoms with Crippen molar-refractivity contribution in [2.75, 3.05) is 23.8 Å². The summed E-state index contributed by atoms with van der Waals surface area (Å²) >= 11 is 0. The molecule has 7 nitrogen and oxygen atoms in total. The fraction of sp³-hybridized carbons (Fsp3) is 0.769. The molecule has 0 spiro atoms. The molecule has 2 unspecified atom stereocenters. The van der Waals surface area contributed by atoms with Crippen molar-refractivity contribution in [2.45, 2.75) is 46.3 Å². The van der Waals surface area contributed by atoms with Crippen molar-refractivity contribution in [3.63, 3.8) is 0 Å². The quantitative estimate of drug-likeness (QED) is 0.723. The number of hydrogen-bond acceptors (Lipinski definition) is 7. The van der Waals surface area contributed by atoms with E-state index in [9.17, 15) is 5.11 Å². The number of hydrogen-bond donors (Lipinski definition) is 3. The Labute approximate surface area is 119 Å². The van der Waals surface area contributed by atoms with E-state index in [2.05, 4.69) is 25.6 Å². The van der Waals surface area contributed by atoms with Crippen molar-refractivity contribution < 1.29 is 9.84 Å². The van der Waals surface area contributed by atoms with Crippen LogP contribution >= 0.6 is 0 Å². The molecule has 1 aliphatic rings. The summed E-state index contributed by atoms with van der Waals surface area (Å²) in [6.07, 6.45) is 0.403. The molecule has 2 atom stereocenters. The Balaban J connectivity index is 2.14. The van der Waals surface area contributed by atoms with Crippen LogP contribution < -0.4 is 15.4 Å². The number of nitrogens with zero attached hydrogens (tertiary/aromatic N) is 3. The summed E-state index contributed by atoms with van der Waals surface area (Å²) in [4.78, 5) is 12.7. The van der Waals surface area contributed by atoms with Gasteiger partial charge >= 0.3 is 6.01 Å². The summed E-state index contributed by atoms with van der Waals surface area (Å²) in [5.74, 6) is 0.968. The van der Waals surface area contributed by atoms with Gasteiger partial charge < -0.3 is 20.5 Å². The average Bonchev–Trinajstić information content (AvgIpc) is 2.39. The molecule has 1 aliphatic carbocycles. The van der Waals surface area contributed by atoms with Gasteiger partial charge in [0, 0.05) is 18.0 Å². The predicted octanol–water partition coefficient (Wildman–Crippen LogP) is 1.27. The second-order valence-corrected chi connectivity index (χ2v) is 5.50. The first-order valence-corrected chi connectivity index (χ1v) is 7.04. The molecule has 0 radical (unpaired) electrons. The first-order valence-electron chi connectivity index (χ1n) is 7.04. The molecular weight excluding hydrogens is 258 g/mol. The van der Waals surface area contributed by atoms with Crippen molar-refractivity contribution in [3.8, 4) is 6.01 Å². The van der Waals surface area contributed by atoms with Crippen LogP contribution in [-0.2, 0) is 0 Å². The molecule has 1 aromatic heterocycles. The molecule has 1 saturated carbocycles. The van der Waals surface area contributed by atoms with E-state index in [-0.39, 0.29) is 17.6 Å². The Hall–Kier alpha value is -1.63. The first-order chi connectivity index (χ1) is 9.47. The van der Waals surface area contributed by atoms with E-state index in [0.717, 1.165) is 6.54 Å². The van der Waals surface area contributed by atoms with E-state index in [1.807, 2.05) is 27.7 Å². The second-order valence-electron chi connectivity index (χ2n) is 5.50. The van der Waals surface area contributed by atoms with Crippen LogP contribution in [0.1, 0.15) is 34.1 Å². The van der Waals surface area contributed by atoms with Crippen molar-refractivity contribution >= 4 is 11.9 Å². The third-order valence-electron chi connectivity index (χ3n) is 3.74. The molecule has 1 aromatic rings. The van der Waals surface area contributed by atoms with Crippen LogP contribution in [0.2, 0.25) is 0 Å². The summed E-state index contributed by atoms with van der Waals surface area (Å²) in [6.45, 7) is 9.13. The third-order valence-corrected chi connectivity index (χ3v) is 3.74. The van der Waals surface area contributed by atoms with Gasteiger partial charge in [0.1, 0.15) is 0 Å². The van der Waals surface area contributed by atoms with Crippen LogP contribution in [0.15, 0.2) is 0 Å². The summed E-state index contributed by atoms with van der Waals surface area (Å²) in [5, 5.41) is 16.1. The minimum absolute atomic E-state index is 0.142. The largest absolute Gasteiger partial charge is 0.464 e. The highest BCUT2D eigenvalue weighted by molar-refractivity contribution is 5.38. The zero-order valence-electron chi connectivity index (χ0n) is 12.5. The average molecular weight is 281 g/mol. The number of anilines is 2. The highest BCUT2D eigenvalue weighted by atomic mass is 16.5. The van der Waals surface area contributed by atoms with Crippen molar-refractivity contribution in [1.29, 1.82) is 0 Å². The predicted molar refractivity (Wildman–Crippen MR) is 77.0 cm³/mol. The molecule has 0 aromatic carbocycles. The van der Waals surface area contributed by atoms with Gasteiger partial charge in [-0.05, 0) is 20.3 Å². The Morgan fingerprint density at radius 1 is 1.25 bits per heavy atom.